The van der Waals surface area contributed by atoms with Gasteiger partial charge in [0.05, 0.1) is 0 Å². The molecule has 0 aromatic rings. The molecule has 1 nitrogen and oxygen atoms in total. The monoisotopic (exact) mass is 180 g/mol. The van der Waals surface area contributed by atoms with Gasteiger partial charge in [-0.05, 0) is 38.7 Å². The average Bonchev–Trinajstić information content (AvgIpc) is 2.04. The molecule has 1 saturated carbocycles. The van der Waals surface area contributed by atoms with E-state index in [0.717, 1.165) is 24.3 Å². The van der Waals surface area contributed by atoms with Gasteiger partial charge in [0, 0.05) is 5.92 Å². The third-order valence-electron chi connectivity index (χ3n) is 2.85. The van der Waals surface area contributed by atoms with Gasteiger partial charge in [-0.15, -0.1) is 0 Å². The van der Waals surface area contributed by atoms with Crippen LogP contribution in [0.15, 0.2) is 11.6 Å². The van der Waals surface area contributed by atoms with Gasteiger partial charge in [-0.1, -0.05) is 25.3 Å². The van der Waals surface area contributed by atoms with Gasteiger partial charge in [0.15, 0.2) is 5.78 Å². The minimum Gasteiger partial charge on any atom is -0.295 e. The number of carbonyl (C=O) groups is 1. The maximum atomic E-state index is 11.6. The van der Waals surface area contributed by atoms with Crippen LogP contribution in [-0.2, 0) is 4.79 Å². The molecule has 1 fully saturated rings. The van der Waals surface area contributed by atoms with Crippen LogP contribution in [0.25, 0.3) is 0 Å². The lowest BCUT2D eigenvalue weighted by Gasteiger charge is -2.24. The fourth-order valence-electron chi connectivity index (χ4n) is 1.95. The Hall–Kier alpha value is -0.590. The first-order chi connectivity index (χ1) is 6.09. The Morgan fingerprint density at radius 3 is 2.15 bits per heavy atom. The number of allylic oxidation sites excluding steroid dienone is 2. The third-order valence-corrected chi connectivity index (χ3v) is 2.85. The molecule has 0 radical (unpaired) electrons. The molecule has 0 bridgehead atoms. The van der Waals surface area contributed by atoms with E-state index < -0.39 is 0 Å². The predicted molar refractivity (Wildman–Crippen MR) is 55.6 cm³/mol. The van der Waals surface area contributed by atoms with Crippen LogP contribution in [0.4, 0.5) is 0 Å². The van der Waals surface area contributed by atoms with Crippen LogP contribution in [0.5, 0.6) is 0 Å². The molecule has 0 unspecified atom stereocenters. The first kappa shape index (κ1) is 10.5. The molecule has 0 aromatic heterocycles. The summed E-state index contributed by atoms with van der Waals surface area (Å²) in [5, 5.41) is 0. The normalized spacial score (nSPS) is 28.2. The number of hydrogen-bond acceptors (Lipinski definition) is 1. The van der Waals surface area contributed by atoms with Crippen LogP contribution < -0.4 is 0 Å². The lowest BCUT2D eigenvalue weighted by molar-refractivity contribution is -0.119. The third kappa shape index (κ3) is 3.33. The minimum absolute atomic E-state index is 0.325. The molecule has 13 heavy (non-hydrogen) atoms. The van der Waals surface area contributed by atoms with Crippen molar-refractivity contribution in [3.05, 3.63) is 11.6 Å². The Kier molecular flexibility index (Phi) is 3.71. The van der Waals surface area contributed by atoms with E-state index >= 15 is 0 Å². The maximum absolute atomic E-state index is 11.6. The van der Waals surface area contributed by atoms with Gasteiger partial charge in [0.25, 0.3) is 0 Å². The Morgan fingerprint density at radius 2 is 1.69 bits per heavy atom. The number of ketones is 1. The highest BCUT2D eigenvalue weighted by Gasteiger charge is 2.22. The highest BCUT2D eigenvalue weighted by molar-refractivity contribution is 5.92. The molecule has 1 heteroatoms. The SMILES string of the molecule is CC(C)=CC(=O)C1CCC(C)CC1. The quantitative estimate of drug-likeness (QED) is 0.596. The second kappa shape index (κ2) is 4.59. The van der Waals surface area contributed by atoms with E-state index in [4.69, 9.17) is 0 Å². The summed E-state index contributed by atoms with van der Waals surface area (Å²) in [7, 11) is 0. The van der Waals surface area contributed by atoms with Crippen molar-refractivity contribution in [3.63, 3.8) is 0 Å². The Labute approximate surface area is 81.2 Å². The molecule has 0 aromatic carbocycles. The molecule has 0 spiro atoms. The molecule has 1 rings (SSSR count). The highest BCUT2D eigenvalue weighted by Crippen LogP contribution is 2.29. The zero-order valence-corrected chi connectivity index (χ0v) is 8.97. The van der Waals surface area contributed by atoms with Gasteiger partial charge in [0.2, 0.25) is 0 Å². The molecular weight excluding hydrogens is 160 g/mol. The topological polar surface area (TPSA) is 17.1 Å². The fraction of sp³-hybridized carbons (Fsp3) is 0.750. The summed E-state index contributed by atoms with van der Waals surface area (Å²) in [6.45, 7) is 6.26. The van der Waals surface area contributed by atoms with Crippen molar-refractivity contribution in [1.82, 2.24) is 0 Å². The standard InChI is InChI=1S/C12H20O/c1-9(2)8-12(13)11-6-4-10(3)5-7-11/h8,10-11H,4-7H2,1-3H3. The van der Waals surface area contributed by atoms with Crippen LogP contribution in [0.3, 0.4) is 0 Å². The van der Waals surface area contributed by atoms with Crippen LogP contribution in [0.2, 0.25) is 0 Å². The second-order valence-corrected chi connectivity index (χ2v) is 4.58. The summed E-state index contributed by atoms with van der Waals surface area (Å²) < 4.78 is 0. The first-order valence-corrected chi connectivity index (χ1v) is 5.28. The van der Waals surface area contributed by atoms with Gasteiger partial charge < -0.3 is 0 Å². The minimum atomic E-state index is 0.325. The van der Waals surface area contributed by atoms with Crippen molar-refractivity contribution in [2.75, 3.05) is 0 Å². The average molecular weight is 180 g/mol. The number of rotatable bonds is 2. The summed E-state index contributed by atoms with van der Waals surface area (Å²) in [5.41, 5.74) is 1.13. The Bertz CT molecular complexity index is 203. The van der Waals surface area contributed by atoms with Crippen molar-refractivity contribution >= 4 is 5.78 Å². The second-order valence-electron chi connectivity index (χ2n) is 4.58. The Balaban J connectivity index is 2.45. The molecule has 1 aliphatic carbocycles. The van der Waals surface area contributed by atoms with E-state index in [-0.39, 0.29) is 0 Å². The molecule has 1 aliphatic rings. The number of hydrogen-bond donors (Lipinski definition) is 0. The predicted octanol–water partition coefficient (Wildman–Crippen LogP) is 3.35. The van der Waals surface area contributed by atoms with Crippen molar-refractivity contribution in [2.45, 2.75) is 46.5 Å². The van der Waals surface area contributed by atoms with E-state index in [9.17, 15) is 4.79 Å². The zero-order chi connectivity index (χ0) is 9.84. The summed E-state index contributed by atoms with van der Waals surface area (Å²) in [5.74, 6) is 1.51. The van der Waals surface area contributed by atoms with Crippen LogP contribution >= 0.6 is 0 Å². The zero-order valence-electron chi connectivity index (χ0n) is 8.97. The van der Waals surface area contributed by atoms with Gasteiger partial charge in [-0.3, -0.25) is 4.79 Å². The van der Waals surface area contributed by atoms with Crippen molar-refractivity contribution < 1.29 is 4.79 Å². The van der Waals surface area contributed by atoms with E-state index in [1.165, 1.54) is 12.8 Å². The molecule has 0 heterocycles. The molecule has 74 valence electrons. The summed E-state index contributed by atoms with van der Waals surface area (Å²) in [6.07, 6.45) is 6.47. The first-order valence-electron chi connectivity index (χ1n) is 5.28. The lowest BCUT2D eigenvalue weighted by atomic mass is 9.80. The van der Waals surface area contributed by atoms with E-state index in [1.54, 1.807) is 6.08 Å². The van der Waals surface area contributed by atoms with Gasteiger partial charge in [-0.2, -0.15) is 0 Å². The molecule has 0 amide bonds. The lowest BCUT2D eigenvalue weighted by Crippen LogP contribution is -2.19. The van der Waals surface area contributed by atoms with Crippen molar-refractivity contribution in [3.8, 4) is 0 Å². The highest BCUT2D eigenvalue weighted by atomic mass is 16.1. The molecule has 0 aliphatic heterocycles. The van der Waals surface area contributed by atoms with Crippen LogP contribution in [0.1, 0.15) is 46.5 Å². The van der Waals surface area contributed by atoms with Gasteiger partial charge >= 0.3 is 0 Å². The van der Waals surface area contributed by atoms with Gasteiger partial charge in [-0.25, -0.2) is 0 Å². The fourth-order valence-corrected chi connectivity index (χ4v) is 1.95. The molecule has 0 saturated heterocycles. The van der Waals surface area contributed by atoms with E-state index in [0.29, 0.717) is 11.7 Å². The molecular formula is C12H20O. The van der Waals surface area contributed by atoms with Crippen LogP contribution in [-0.4, -0.2) is 5.78 Å². The van der Waals surface area contributed by atoms with Crippen molar-refractivity contribution in [2.24, 2.45) is 11.8 Å². The summed E-state index contributed by atoms with van der Waals surface area (Å²) in [6, 6.07) is 0. The smallest absolute Gasteiger partial charge is 0.158 e. The van der Waals surface area contributed by atoms with E-state index in [1.807, 2.05) is 13.8 Å². The summed E-state index contributed by atoms with van der Waals surface area (Å²) in [4.78, 5) is 11.6. The summed E-state index contributed by atoms with van der Waals surface area (Å²) >= 11 is 0. The van der Waals surface area contributed by atoms with E-state index in [2.05, 4.69) is 6.92 Å². The van der Waals surface area contributed by atoms with Crippen LogP contribution in [0, 0.1) is 11.8 Å². The molecule has 0 N–H and O–H groups in total. The van der Waals surface area contributed by atoms with Crippen molar-refractivity contribution in [1.29, 1.82) is 0 Å². The number of carbonyl (C=O) groups excluding carboxylic acids is 1. The Morgan fingerprint density at radius 1 is 1.15 bits per heavy atom. The largest absolute Gasteiger partial charge is 0.295 e. The maximum Gasteiger partial charge on any atom is 0.158 e. The molecule has 0 atom stereocenters. The van der Waals surface area contributed by atoms with Gasteiger partial charge in [0.1, 0.15) is 0 Å².